The zero-order valence-corrected chi connectivity index (χ0v) is 17.8. The highest BCUT2D eigenvalue weighted by Crippen LogP contribution is 2.31. The topological polar surface area (TPSA) is 84.9 Å². The molecule has 2 atom stereocenters. The number of benzene rings is 3. The lowest BCUT2D eigenvalue weighted by Gasteiger charge is -2.29. The number of nitrogens with one attached hydrogen (secondary N) is 1. The SMILES string of the molecule is O=C(NC[C@H]1COc2ccccc2O1)[C@H](Cc1ccccc1)N1C(=O)c2ccccc2C1=O. The number of amides is 3. The molecule has 166 valence electrons. The molecule has 2 heterocycles. The van der Waals surface area contributed by atoms with E-state index < -0.39 is 23.8 Å². The maximum atomic E-state index is 13.3. The molecule has 0 spiro atoms. The molecule has 7 heteroatoms. The van der Waals surface area contributed by atoms with Crippen molar-refractivity contribution in [3.8, 4) is 11.5 Å². The zero-order chi connectivity index (χ0) is 22.8. The number of nitrogens with zero attached hydrogens (tertiary/aromatic N) is 1. The van der Waals surface area contributed by atoms with Gasteiger partial charge in [-0.2, -0.15) is 0 Å². The second-order valence-corrected chi connectivity index (χ2v) is 7.97. The molecule has 3 aromatic carbocycles. The molecule has 7 nitrogen and oxygen atoms in total. The highest BCUT2D eigenvalue weighted by molar-refractivity contribution is 6.22. The summed E-state index contributed by atoms with van der Waals surface area (Å²) < 4.78 is 11.6. The van der Waals surface area contributed by atoms with E-state index in [1.165, 1.54) is 0 Å². The molecule has 2 aliphatic rings. The molecular formula is C26H22N2O5. The van der Waals surface area contributed by atoms with Gasteiger partial charge in [-0.1, -0.05) is 54.6 Å². The van der Waals surface area contributed by atoms with Gasteiger partial charge in [0.05, 0.1) is 17.7 Å². The molecular weight excluding hydrogens is 420 g/mol. The second-order valence-electron chi connectivity index (χ2n) is 7.97. The number of fused-ring (bicyclic) bond motifs is 2. The van der Waals surface area contributed by atoms with Crippen LogP contribution in [0.2, 0.25) is 0 Å². The van der Waals surface area contributed by atoms with Crippen LogP contribution < -0.4 is 14.8 Å². The molecule has 3 amide bonds. The lowest BCUT2D eigenvalue weighted by Crippen LogP contribution is -2.52. The first-order valence-electron chi connectivity index (χ1n) is 10.8. The van der Waals surface area contributed by atoms with Gasteiger partial charge in [0.2, 0.25) is 5.91 Å². The van der Waals surface area contributed by atoms with Crippen LogP contribution in [0.25, 0.3) is 0 Å². The molecule has 0 radical (unpaired) electrons. The summed E-state index contributed by atoms with van der Waals surface area (Å²) in [6.45, 7) is 0.468. The molecule has 0 aliphatic carbocycles. The summed E-state index contributed by atoms with van der Waals surface area (Å²) >= 11 is 0. The van der Waals surface area contributed by atoms with Crippen molar-refractivity contribution >= 4 is 17.7 Å². The smallest absolute Gasteiger partial charge is 0.262 e. The summed E-state index contributed by atoms with van der Waals surface area (Å²) in [5.41, 5.74) is 1.48. The van der Waals surface area contributed by atoms with E-state index in [1.807, 2.05) is 48.5 Å². The molecule has 0 saturated carbocycles. The molecule has 0 aromatic heterocycles. The number of carbonyl (C=O) groups is 3. The minimum Gasteiger partial charge on any atom is -0.486 e. The lowest BCUT2D eigenvalue weighted by molar-refractivity contribution is -0.125. The summed E-state index contributed by atoms with van der Waals surface area (Å²) in [6, 6.07) is 22.3. The van der Waals surface area contributed by atoms with Crippen molar-refractivity contribution in [1.82, 2.24) is 10.2 Å². The number of hydrogen-bond donors (Lipinski definition) is 1. The number of carbonyl (C=O) groups excluding carboxylic acids is 3. The normalized spacial score (nSPS) is 17.5. The van der Waals surface area contributed by atoms with Gasteiger partial charge in [0, 0.05) is 6.42 Å². The van der Waals surface area contributed by atoms with E-state index in [-0.39, 0.29) is 25.7 Å². The number of imide groups is 1. The second kappa shape index (κ2) is 8.78. The van der Waals surface area contributed by atoms with Crippen LogP contribution >= 0.6 is 0 Å². The summed E-state index contributed by atoms with van der Waals surface area (Å²) in [6.07, 6.45) is -0.174. The standard InChI is InChI=1S/C26H22N2O5/c29-24(27-15-18-16-32-22-12-6-7-13-23(22)33-18)21(14-17-8-2-1-3-9-17)28-25(30)19-10-4-5-11-20(19)26(28)31/h1-13,18,21H,14-16H2,(H,27,29)/t18-,21-/m0/s1. The average Bonchev–Trinajstić information content (AvgIpc) is 3.11. The van der Waals surface area contributed by atoms with Crippen LogP contribution in [0.1, 0.15) is 26.3 Å². The summed E-state index contributed by atoms with van der Waals surface area (Å²) in [7, 11) is 0. The third kappa shape index (κ3) is 4.05. The Labute approximate surface area is 190 Å². The summed E-state index contributed by atoms with van der Waals surface area (Å²) in [4.78, 5) is 40.5. The van der Waals surface area contributed by atoms with Gasteiger partial charge in [-0.3, -0.25) is 19.3 Å². The number of rotatable bonds is 6. The lowest BCUT2D eigenvalue weighted by atomic mass is 10.0. The van der Waals surface area contributed by atoms with Crippen molar-refractivity contribution in [2.24, 2.45) is 0 Å². The Morgan fingerprint density at radius 1 is 0.879 bits per heavy atom. The van der Waals surface area contributed by atoms with E-state index in [9.17, 15) is 14.4 Å². The Hall–Kier alpha value is -4.13. The zero-order valence-electron chi connectivity index (χ0n) is 17.8. The first-order valence-corrected chi connectivity index (χ1v) is 10.8. The van der Waals surface area contributed by atoms with Crippen molar-refractivity contribution in [2.75, 3.05) is 13.2 Å². The molecule has 0 unspecified atom stereocenters. The van der Waals surface area contributed by atoms with Gasteiger partial charge < -0.3 is 14.8 Å². The molecule has 2 aliphatic heterocycles. The largest absolute Gasteiger partial charge is 0.486 e. The van der Waals surface area contributed by atoms with Crippen molar-refractivity contribution in [2.45, 2.75) is 18.6 Å². The molecule has 1 N–H and O–H groups in total. The summed E-state index contributed by atoms with van der Waals surface area (Å²) in [5.74, 6) is -0.0660. The van der Waals surface area contributed by atoms with Gasteiger partial charge >= 0.3 is 0 Å². The highest BCUT2D eigenvalue weighted by atomic mass is 16.6. The minimum absolute atomic E-state index is 0.182. The van der Waals surface area contributed by atoms with Crippen LogP contribution in [0.15, 0.2) is 78.9 Å². The molecule has 33 heavy (non-hydrogen) atoms. The Kier molecular flexibility index (Phi) is 5.52. The van der Waals surface area contributed by atoms with Crippen LogP contribution in [0.5, 0.6) is 11.5 Å². The molecule has 0 bridgehead atoms. The van der Waals surface area contributed by atoms with Crippen LogP contribution in [-0.4, -0.2) is 47.9 Å². The van der Waals surface area contributed by atoms with Gasteiger partial charge in [0.15, 0.2) is 11.5 Å². The van der Waals surface area contributed by atoms with E-state index >= 15 is 0 Å². The first kappa shape index (κ1) is 20.8. The van der Waals surface area contributed by atoms with Gasteiger partial charge in [-0.25, -0.2) is 0 Å². The van der Waals surface area contributed by atoms with Crippen LogP contribution in [-0.2, 0) is 11.2 Å². The van der Waals surface area contributed by atoms with Crippen molar-refractivity contribution in [3.63, 3.8) is 0 Å². The van der Waals surface area contributed by atoms with Crippen molar-refractivity contribution in [1.29, 1.82) is 0 Å². The number of ether oxygens (including phenoxy) is 2. The van der Waals surface area contributed by atoms with E-state index in [4.69, 9.17) is 9.47 Å². The van der Waals surface area contributed by atoms with Crippen LogP contribution in [0.4, 0.5) is 0 Å². The molecule has 3 aromatic rings. The number of para-hydroxylation sites is 2. The van der Waals surface area contributed by atoms with Gasteiger partial charge in [-0.05, 0) is 29.8 Å². The molecule has 5 rings (SSSR count). The number of hydrogen-bond acceptors (Lipinski definition) is 5. The van der Waals surface area contributed by atoms with Gasteiger partial charge in [0.25, 0.3) is 11.8 Å². The van der Waals surface area contributed by atoms with Crippen molar-refractivity contribution < 1.29 is 23.9 Å². The predicted molar refractivity (Wildman–Crippen MR) is 120 cm³/mol. The van der Waals surface area contributed by atoms with E-state index in [2.05, 4.69) is 5.32 Å². The quantitative estimate of drug-likeness (QED) is 0.594. The monoisotopic (exact) mass is 442 g/mol. The van der Waals surface area contributed by atoms with Crippen LogP contribution in [0.3, 0.4) is 0 Å². The fraction of sp³-hybridized carbons (Fsp3) is 0.192. The Balaban J connectivity index is 1.34. The minimum atomic E-state index is -0.989. The fourth-order valence-electron chi connectivity index (χ4n) is 4.13. The third-order valence-corrected chi connectivity index (χ3v) is 5.78. The fourth-order valence-corrected chi connectivity index (χ4v) is 4.13. The predicted octanol–water partition coefficient (Wildman–Crippen LogP) is 2.85. The first-order chi connectivity index (χ1) is 16.1. The van der Waals surface area contributed by atoms with E-state index in [0.29, 0.717) is 22.6 Å². The van der Waals surface area contributed by atoms with Crippen LogP contribution in [0, 0.1) is 0 Å². The van der Waals surface area contributed by atoms with Crippen molar-refractivity contribution in [3.05, 3.63) is 95.6 Å². The maximum absolute atomic E-state index is 13.3. The van der Waals surface area contributed by atoms with E-state index in [1.54, 1.807) is 30.3 Å². The Morgan fingerprint density at radius 2 is 1.48 bits per heavy atom. The maximum Gasteiger partial charge on any atom is 0.262 e. The highest BCUT2D eigenvalue weighted by Gasteiger charge is 2.42. The summed E-state index contributed by atoms with van der Waals surface area (Å²) in [5, 5.41) is 2.86. The van der Waals surface area contributed by atoms with Gasteiger partial charge in [0.1, 0.15) is 18.8 Å². The Bertz CT molecular complexity index is 1180. The molecule has 0 fully saturated rings. The molecule has 0 saturated heterocycles. The Morgan fingerprint density at radius 3 is 2.18 bits per heavy atom. The van der Waals surface area contributed by atoms with Gasteiger partial charge in [-0.15, -0.1) is 0 Å². The third-order valence-electron chi connectivity index (χ3n) is 5.78. The van der Waals surface area contributed by atoms with E-state index in [0.717, 1.165) is 10.5 Å². The average molecular weight is 442 g/mol.